The Balaban J connectivity index is 1.83. The second-order valence-corrected chi connectivity index (χ2v) is 7.51. The van der Waals surface area contributed by atoms with E-state index in [1.165, 1.54) is 36.7 Å². The molecule has 0 unspecified atom stereocenters. The maximum atomic E-state index is 13.4. The van der Waals surface area contributed by atoms with E-state index in [-0.39, 0.29) is 16.3 Å². The summed E-state index contributed by atoms with van der Waals surface area (Å²) >= 11 is 5.86. The van der Waals surface area contributed by atoms with Crippen molar-refractivity contribution in [3.63, 3.8) is 0 Å². The molecule has 1 aromatic heterocycles. The van der Waals surface area contributed by atoms with Gasteiger partial charge in [0.2, 0.25) is 0 Å². The van der Waals surface area contributed by atoms with Crippen molar-refractivity contribution in [3.05, 3.63) is 83.4 Å². The van der Waals surface area contributed by atoms with Gasteiger partial charge in [-0.05, 0) is 48.5 Å². The van der Waals surface area contributed by atoms with E-state index in [0.717, 1.165) is 18.2 Å². The largest absolute Gasteiger partial charge is 0.322 e. The molecule has 1 heterocycles. The third kappa shape index (κ3) is 4.60. The summed E-state index contributed by atoms with van der Waals surface area (Å²) in [5.74, 6) is -1.16. The van der Waals surface area contributed by atoms with Gasteiger partial charge in [-0.2, -0.15) is 0 Å². The minimum absolute atomic E-state index is 0.115. The molecule has 0 fully saturated rings. The Morgan fingerprint density at radius 3 is 2.48 bits per heavy atom. The normalized spacial score (nSPS) is 11.0. The summed E-state index contributed by atoms with van der Waals surface area (Å²) in [6.07, 6.45) is 3.06. The summed E-state index contributed by atoms with van der Waals surface area (Å²) in [6, 6.07) is 12.2. The number of nitrogens with zero attached hydrogens (tertiary/aromatic N) is 1. The van der Waals surface area contributed by atoms with Gasteiger partial charge in [0, 0.05) is 29.3 Å². The van der Waals surface area contributed by atoms with Crippen LogP contribution in [0.3, 0.4) is 0 Å². The minimum atomic E-state index is -4.13. The van der Waals surface area contributed by atoms with Gasteiger partial charge in [-0.3, -0.25) is 14.5 Å². The molecule has 0 aliphatic heterocycles. The highest BCUT2D eigenvalue weighted by Gasteiger charge is 2.19. The summed E-state index contributed by atoms with van der Waals surface area (Å²) in [6.45, 7) is 0. The monoisotopic (exact) mass is 405 g/mol. The molecular formula is C18H13ClFN3O3S. The van der Waals surface area contributed by atoms with Crippen molar-refractivity contribution in [2.24, 2.45) is 0 Å². The quantitative estimate of drug-likeness (QED) is 0.673. The minimum Gasteiger partial charge on any atom is -0.322 e. The van der Waals surface area contributed by atoms with Crippen LogP contribution in [-0.2, 0) is 10.0 Å². The van der Waals surface area contributed by atoms with Gasteiger partial charge in [-0.25, -0.2) is 12.8 Å². The van der Waals surface area contributed by atoms with Gasteiger partial charge in [0.05, 0.1) is 5.02 Å². The number of amides is 1. The van der Waals surface area contributed by atoms with E-state index in [9.17, 15) is 17.6 Å². The van der Waals surface area contributed by atoms with Crippen molar-refractivity contribution in [2.75, 3.05) is 10.0 Å². The van der Waals surface area contributed by atoms with Gasteiger partial charge in [-0.15, -0.1) is 0 Å². The highest BCUT2D eigenvalue weighted by molar-refractivity contribution is 7.92. The molecule has 0 saturated heterocycles. The number of anilines is 2. The standard InChI is InChI=1S/C18H13ClFN3O3S/c19-16-5-4-13(20)11-17(16)27(25,26)23-15-3-1-2-12(10-15)18(24)22-14-6-8-21-9-7-14/h1-11,23H,(H,21,22,24). The van der Waals surface area contributed by atoms with Gasteiger partial charge in [0.25, 0.3) is 15.9 Å². The Kier molecular flexibility index (Phi) is 5.38. The first-order valence-corrected chi connectivity index (χ1v) is 9.50. The molecule has 6 nitrogen and oxygen atoms in total. The Hall–Kier alpha value is -2.97. The smallest absolute Gasteiger partial charge is 0.263 e. The molecule has 27 heavy (non-hydrogen) atoms. The van der Waals surface area contributed by atoms with E-state index in [4.69, 9.17) is 11.6 Å². The SMILES string of the molecule is O=C(Nc1ccncc1)c1cccc(NS(=O)(=O)c2cc(F)ccc2Cl)c1. The van der Waals surface area contributed by atoms with Crippen LogP contribution in [0.2, 0.25) is 5.02 Å². The first kappa shape index (κ1) is 18.8. The van der Waals surface area contributed by atoms with Crippen molar-refractivity contribution >= 4 is 38.9 Å². The molecule has 0 aliphatic carbocycles. The van der Waals surface area contributed by atoms with Crippen LogP contribution in [0.4, 0.5) is 15.8 Å². The number of carbonyl (C=O) groups is 1. The summed E-state index contributed by atoms with van der Waals surface area (Å²) in [5.41, 5.74) is 0.919. The Morgan fingerprint density at radius 2 is 1.74 bits per heavy atom. The number of hydrogen-bond acceptors (Lipinski definition) is 4. The van der Waals surface area contributed by atoms with E-state index < -0.39 is 26.6 Å². The second-order valence-electron chi connectivity index (χ2n) is 5.45. The summed E-state index contributed by atoms with van der Waals surface area (Å²) in [7, 11) is -4.13. The summed E-state index contributed by atoms with van der Waals surface area (Å²) in [4.78, 5) is 15.8. The number of nitrogens with one attached hydrogen (secondary N) is 2. The molecule has 138 valence electrons. The first-order valence-electron chi connectivity index (χ1n) is 7.64. The number of pyridine rings is 1. The Labute approximate surface area is 160 Å². The maximum Gasteiger partial charge on any atom is 0.263 e. The summed E-state index contributed by atoms with van der Waals surface area (Å²) in [5, 5.41) is 2.55. The molecule has 1 amide bonds. The van der Waals surface area contributed by atoms with Crippen LogP contribution < -0.4 is 10.0 Å². The van der Waals surface area contributed by atoms with E-state index in [0.29, 0.717) is 5.69 Å². The molecule has 3 rings (SSSR count). The van der Waals surface area contributed by atoms with Crippen molar-refractivity contribution in [3.8, 4) is 0 Å². The van der Waals surface area contributed by atoms with Crippen molar-refractivity contribution in [2.45, 2.75) is 4.90 Å². The van der Waals surface area contributed by atoms with Gasteiger partial charge in [0.15, 0.2) is 0 Å². The van der Waals surface area contributed by atoms with E-state index in [2.05, 4.69) is 15.0 Å². The lowest BCUT2D eigenvalue weighted by atomic mass is 10.2. The van der Waals surface area contributed by atoms with Crippen LogP contribution in [0.15, 0.2) is 71.9 Å². The molecule has 2 aromatic carbocycles. The zero-order valence-electron chi connectivity index (χ0n) is 13.7. The maximum absolute atomic E-state index is 13.4. The Bertz CT molecular complexity index is 1090. The van der Waals surface area contributed by atoms with Crippen molar-refractivity contribution in [1.82, 2.24) is 4.98 Å². The highest BCUT2D eigenvalue weighted by atomic mass is 35.5. The molecule has 0 saturated carbocycles. The highest BCUT2D eigenvalue weighted by Crippen LogP contribution is 2.25. The van der Waals surface area contributed by atoms with Gasteiger partial charge >= 0.3 is 0 Å². The third-order valence-corrected chi connectivity index (χ3v) is 5.36. The number of aromatic nitrogens is 1. The zero-order chi connectivity index (χ0) is 19.4. The van der Waals surface area contributed by atoms with Crippen LogP contribution in [0.1, 0.15) is 10.4 Å². The molecule has 0 atom stereocenters. The Morgan fingerprint density at radius 1 is 1.00 bits per heavy atom. The zero-order valence-corrected chi connectivity index (χ0v) is 15.3. The molecule has 0 radical (unpaired) electrons. The fourth-order valence-corrected chi connectivity index (χ4v) is 3.82. The predicted molar refractivity (Wildman–Crippen MR) is 101 cm³/mol. The first-order chi connectivity index (χ1) is 12.8. The van der Waals surface area contributed by atoms with Gasteiger partial charge < -0.3 is 5.32 Å². The number of carbonyl (C=O) groups excluding carboxylic acids is 1. The van der Waals surface area contributed by atoms with Crippen LogP contribution in [0.25, 0.3) is 0 Å². The lowest BCUT2D eigenvalue weighted by molar-refractivity contribution is 0.102. The number of halogens is 2. The number of benzene rings is 2. The lowest BCUT2D eigenvalue weighted by Crippen LogP contribution is -2.15. The van der Waals surface area contributed by atoms with E-state index in [1.54, 1.807) is 12.1 Å². The number of hydrogen-bond donors (Lipinski definition) is 2. The van der Waals surface area contributed by atoms with Crippen LogP contribution in [-0.4, -0.2) is 19.3 Å². The molecule has 9 heteroatoms. The fourth-order valence-electron chi connectivity index (χ4n) is 2.26. The molecule has 3 aromatic rings. The van der Waals surface area contributed by atoms with Crippen LogP contribution in [0.5, 0.6) is 0 Å². The fraction of sp³-hybridized carbons (Fsp3) is 0. The van der Waals surface area contributed by atoms with Crippen LogP contribution >= 0.6 is 11.6 Å². The van der Waals surface area contributed by atoms with Crippen LogP contribution in [0, 0.1) is 5.82 Å². The van der Waals surface area contributed by atoms with E-state index >= 15 is 0 Å². The molecular weight excluding hydrogens is 393 g/mol. The van der Waals surface area contributed by atoms with E-state index in [1.807, 2.05) is 0 Å². The molecule has 0 spiro atoms. The average Bonchev–Trinajstić information content (AvgIpc) is 2.64. The second kappa shape index (κ2) is 7.73. The number of rotatable bonds is 5. The third-order valence-electron chi connectivity index (χ3n) is 3.50. The van der Waals surface area contributed by atoms with Crippen molar-refractivity contribution < 1.29 is 17.6 Å². The molecule has 0 aliphatic rings. The lowest BCUT2D eigenvalue weighted by Gasteiger charge is -2.11. The predicted octanol–water partition coefficient (Wildman–Crippen LogP) is 3.93. The average molecular weight is 406 g/mol. The number of sulfonamides is 1. The molecule has 0 bridgehead atoms. The molecule has 2 N–H and O–H groups in total. The van der Waals surface area contributed by atoms with Gasteiger partial charge in [-0.1, -0.05) is 17.7 Å². The van der Waals surface area contributed by atoms with Gasteiger partial charge in [0.1, 0.15) is 10.7 Å². The van der Waals surface area contributed by atoms with Crippen molar-refractivity contribution in [1.29, 1.82) is 0 Å². The summed E-state index contributed by atoms with van der Waals surface area (Å²) < 4.78 is 40.6. The topological polar surface area (TPSA) is 88.2 Å².